The van der Waals surface area contributed by atoms with Crippen molar-refractivity contribution < 1.29 is 14.6 Å². The van der Waals surface area contributed by atoms with E-state index in [2.05, 4.69) is 0 Å². The smallest absolute Gasteiger partial charge is 0.183 e. The summed E-state index contributed by atoms with van der Waals surface area (Å²) >= 11 is 0. The van der Waals surface area contributed by atoms with Crippen molar-refractivity contribution in [3.8, 4) is 0 Å². The van der Waals surface area contributed by atoms with Gasteiger partial charge in [0.25, 0.3) is 0 Å². The molecule has 0 fully saturated rings. The molecule has 18 heavy (non-hydrogen) atoms. The van der Waals surface area contributed by atoms with Gasteiger partial charge in [0, 0.05) is 24.8 Å². The average Bonchev–Trinajstić information content (AvgIpc) is 2.38. The Bertz CT molecular complexity index is 338. The first-order valence-electron chi connectivity index (χ1n) is 6.39. The molecule has 0 saturated heterocycles. The predicted octanol–water partition coefficient (Wildman–Crippen LogP) is 1.62. The van der Waals surface area contributed by atoms with Crippen LogP contribution in [0, 0.1) is 0 Å². The van der Waals surface area contributed by atoms with Gasteiger partial charge in [-0.2, -0.15) is 0 Å². The van der Waals surface area contributed by atoms with Crippen LogP contribution >= 0.6 is 0 Å². The van der Waals surface area contributed by atoms with Gasteiger partial charge >= 0.3 is 0 Å². The number of ether oxygens (including phenoxy) is 2. The molecule has 0 amide bonds. The fraction of sp³-hybridized carbons (Fsp3) is 0.571. The van der Waals surface area contributed by atoms with Gasteiger partial charge in [-0.1, -0.05) is 24.3 Å². The lowest BCUT2D eigenvalue weighted by Crippen LogP contribution is -2.26. The van der Waals surface area contributed by atoms with Gasteiger partial charge in [0.15, 0.2) is 6.29 Å². The van der Waals surface area contributed by atoms with Gasteiger partial charge < -0.3 is 20.3 Å². The molecular weight excluding hydrogens is 230 g/mol. The molecule has 0 aliphatic rings. The summed E-state index contributed by atoms with van der Waals surface area (Å²) in [6.07, 6.45) is 0.320. The number of hydrogen-bond donors (Lipinski definition) is 2. The van der Waals surface area contributed by atoms with Gasteiger partial charge in [-0.3, -0.25) is 0 Å². The molecule has 0 aliphatic carbocycles. The highest BCUT2D eigenvalue weighted by atomic mass is 16.7. The van der Waals surface area contributed by atoms with E-state index in [1.165, 1.54) is 0 Å². The molecule has 1 unspecified atom stereocenters. The Kier molecular flexibility index (Phi) is 6.90. The highest BCUT2D eigenvalue weighted by Gasteiger charge is 2.12. The molecule has 0 bridgehead atoms. The minimum atomic E-state index is -0.328. The Morgan fingerprint density at radius 1 is 1.22 bits per heavy atom. The van der Waals surface area contributed by atoms with E-state index < -0.39 is 0 Å². The molecule has 0 saturated carbocycles. The monoisotopic (exact) mass is 253 g/mol. The highest BCUT2D eigenvalue weighted by Crippen LogP contribution is 2.20. The summed E-state index contributed by atoms with van der Waals surface area (Å²) < 4.78 is 11.1. The van der Waals surface area contributed by atoms with Crippen molar-refractivity contribution >= 4 is 0 Å². The van der Waals surface area contributed by atoms with Crippen LogP contribution in [0.5, 0.6) is 0 Å². The van der Waals surface area contributed by atoms with Crippen molar-refractivity contribution in [2.45, 2.75) is 32.6 Å². The summed E-state index contributed by atoms with van der Waals surface area (Å²) in [5.41, 5.74) is 7.81. The fourth-order valence-corrected chi connectivity index (χ4v) is 1.78. The standard InChI is InChI=1S/C14H23NO3/c1-3-17-14(18-4-2)12-7-5-6-11(8-12)9-13(15)10-16/h5-8,13-14,16H,3-4,9-10,15H2,1-2H3. The van der Waals surface area contributed by atoms with Crippen molar-refractivity contribution in [2.24, 2.45) is 5.73 Å². The summed E-state index contributed by atoms with van der Waals surface area (Å²) in [7, 11) is 0. The molecule has 1 rings (SSSR count). The van der Waals surface area contributed by atoms with Gasteiger partial charge in [0.2, 0.25) is 0 Å². The molecule has 4 heteroatoms. The molecule has 102 valence electrons. The van der Waals surface area contributed by atoms with Crippen molar-refractivity contribution in [3.63, 3.8) is 0 Å². The van der Waals surface area contributed by atoms with E-state index in [0.717, 1.165) is 11.1 Å². The van der Waals surface area contributed by atoms with E-state index in [-0.39, 0.29) is 18.9 Å². The van der Waals surface area contributed by atoms with E-state index in [4.69, 9.17) is 20.3 Å². The van der Waals surface area contributed by atoms with Crippen LogP contribution in [-0.4, -0.2) is 31.0 Å². The number of hydrogen-bond acceptors (Lipinski definition) is 4. The zero-order valence-corrected chi connectivity index (χ0v) is 11.1. The van der Waals surface area contributed by atoms with Crippen LogP contribution in [0.4, 0.5) is 0 Å². The van der Waals surface area contributed by atoms with Crippen LogP contribution in [0.1, 0.15) is 31.3 Å². The Balaban J connectivity index is 2.77. The lowest BCUT2D eigenvalue weighted by molar-refractivity contribution is -0.140. The number of aliphatic hydroxyl groups excluding tert-OH is 1. The first-order valence-corrected chi connectivity index (χ1v) is 6.39. The van der Waals surface area contributed by atoms with Crippen LogP contribution in [0.2, 0.25) is 0 Å². The Labute approximate surface area is 109 Å². The van der Waals surface area contributed by atoms with Gasteiger partial charge in [0.05, 0.1) is 6.61 Å². The molecule has 3 N–H and O–H groups in total. The van der Waals surface area contributed by atoms with Crippen LogP contribution in [0.15, 0.2) is 24.3 Å². The molecule has 4 nitrogen and oxygen atoms in total. The third-order valence-corrected chi connectivity index (χ3v) is 2.59. The number of rotatable bonds is 8. The molecule has 1 aromatic rings. The molecule has 0 heterocycles. The number of benzene rings is 1. The van der Waals surface area contributed by atoms with Crippen molar-refractivity contribution in [1.82, 2.24) is 0 Å². The Morgan fingerprint density at radius 2 is 1.89 bits per heavy atom. The first kappa shape index (κ1) is 15.1. The number of nitrogens with two attached hydrogens (primary N) is 1. The van der Waals surface area contributed by atoms with Crippen molar-refractivity contribution in [1.29, 1.82) is 0 Å². The van der Waals surface area contributed by atoms with Crippen LogP contribution < -0.4 is 5.73 Å². The quantitative estimate of drug-likeness (QED) is 0.691. The maximum atomic E-state index is 8.97. The van der Waals surface area contributed by atoms with Crippen LogP contribution in [0.3, 0.4) is 0 Å². The lowest BCUT2D eigenvalue weighted by atomic mass is 10.0. The summed E-state index contributed by atoms with van der Waals surface area (Å²) in [5.74, 6) is 0. The van der Waals surface area contributed by atoms with Gasteiger partial charge in [0.1, 0.15) is 0 Å². The maximum absolute atomic E-state index is 8.97. The second kappa shape index (κ2) is 8.21. The molecule has 0 aromatic heterocycles. The van der Waals surface area contributed by atoms with E-state index in [9.17, 15) is 0 Å². The molecule has 0 radical (unpaired) electrons. The molecule has 1 aromatic carbocycles. The largest absolute Gasteiger partial charge is 0.395 e. The summed E-state index contributed by atoms with van der Waals surface area (Å²) in [6, 6.07) is 7.72. The SMILES string of the molecule is CCOC(OCC)c1cccc(CC(N)CO)c1. The van der Waals surface area contributed by atoms with Crippen molar-refractivity contribution in [3.05, 3.63) is 35.4 Å². The Morgan fingerprint density at radius 3 is 2.44 bits per heavy atom. The third-order valence-electron chi connectivity index (χ3n) is 2.59. The van der Waals surface area contributed by atoms with Crippen LogP contribution in [0.25, 0.3) is 0 Å². The van der Waals surface area contributed by atoms with E-state index in [1.807, 2.05) is 38.1 Å². The van der Waals surface area contributed by atoms with E-state index in [0.29, 0.717) is 19.6 Å². The third kappa shape index (κ3) is 4.74. The van der Waals surface area contributed by atoms with Gasteiger partial charge in [-0.05, 0) is 25.8 Å². The zero-order chi connectivity index (χ0) is 13.4. The molecule has 0 aliphatic heterocycles. The van der Waals surface area contributed by atoms with Gasteiger partial charge in [-0.15, -0.1) is 0 Å². The van der Waals surface area contributed by atoms with Crippen LogP contribution in [-0.2, 0) is 15.9 Å². The number of aliphatic hydroxyl groups is 1. The van der Waals surface area contributed by atoms with Crippen molar-refractivity contribution in [2.75, 3.05) is 19.8 Å². The maximum Gasteiger partial charge on any atom is 0.183 e. The lowest BCUT2D eigenvalue weighted by Gasteiger charge is -2.18. The summed E-state index contributed by atoms with van der Waals surface area (Å²) in [4.78, 5) is 0. The second-order valence-corrected chi connectivity index (χ2v) is 4.13. The van der Waals surface area contributed by atoms with E-state index >= 15 is 0 Å². The first-order chi connectivity index (χ1) is 8.71. The Hall–Kier alpha value is -0.940. The second-order valence-electron chi connectivity index (χ2n) is 4.13. The minimum absolute atomic E-state index is 0.00935. The summed E-state index contributed by atoms with van der Waals surface area (Å²) in [5, 5.41) is 8.97. The highest BCUT2D eigenvalue weighted by molar-refractivity contribution is 5.25. The normalized spacial score (nSPS) is 12.9. The zero-order valence-electron chi connectivity index (χ0n) is 11.1. The predicted molar refractivity (Wildman–Crippen MR) is 71.2 cm³/mol. The van der Waals surface area contributed by atoms with Gasteiger partial charge in [-0.25, -0.2) is 0 Å². The molecule has 1 atom stereocenters. The van der Waals surface area contributed by atoms with E-state index in [1.54, 1.807) is 0 Å². The molecule has 0 spiro atoms. The summed E-state index contributed by atoms with van der Waals surface area (Å²) in [6.45, 7) is 5.08. The average molecular weight is 253 g/mol. The fourth-order valence-electron chi connectivity index (χ4n) is 1.78. The topological polar surface area (TPSA) is 64.7 Å². The molecular formula is C14H23NO3. The minimum Gasteiger partial charge on any atom is -0.395 e.